The standard InChI is InChI=1S/C53H34N4O/c1-2-10-39(11-3-1)52-51-42(13-8-32-54-51)34-49(55-52)38-22-28-45(29-23-38)57(43-24-18-36(19-25-43)41-17-16-35-9-4-5-12-40(35)33-41)44-26-20-37(21-27-44)48-31-30-47-46-14-6-7-15-50(46)58-53(47)56-48/h1-34H. The van der Waals surface area contributed by atoms with Crippen LogP contribution in [0, 0.1) is 0 Å². The van der Waals surface area contributed by atoms with E-state index in [1.165, 1.54) is 21.9 Å². The number of hydrogen-bond acceptors (Lipinski definition) is 5. The van der Waals surface area contributed by atoms with E-state index in [9.17, 15) is 0 Å². The van der Waals surface area contributed by atoms with Crippen LogP contribution in [0.5, 0.6) is 0 Å². The maximum absolute atomic E-state index is 6.12. The van der Waals surface area contributed by atoms with Crippen LogP contribution in [-0.4, -0.2) is 15.0 Å². The summed E-state index contributed by atoms with van der Waals surface area (Å²) in [6.07, 6.45) is 1.83. The highest BCUT2D eigenvalue weighted by molar-refractivity contribution is 6.04. The van der Waals surface area contributed by atoms with E-state index in [0.29, 0.717) is 5.71 Å². The minimum atomic E-state index is 0.643. The molecule has 0 radical (unpaired) electrons. The lowest BCUT2D eigenvalue weighted by atomic mass is 10.0. The van der Waals surface area contributed by atoms with Gasteiger partial charge in [-0.15, -0.1) is 0 Å². The van der Waals surface area contributed by atoms with Crippen molar-refractivity contribution >= 4 is 60.8 Å². The number of nitrogens with zero attached hydrogens (tertiary/aromatic N) is 4. The van der Waals surface area contributed by atoms with E-state index in [4.69, 9.17) is 19.4 Å². The van der Waals surface area contributed by atoms with Crippen LogP contribution in [-0.2, 0) is 0 Å². The van der Waals surface area contributed by atoms with E-state index in [0.717, 1.165) is 78.1 Å². The number of benzene rings is 7. The number of furan rings is 1. The molecule has 0 atom stereocenters. The zero-order valence-electron chi connectivity index (χ0n) is 31.3. The Morgan fingerprint density at radius 3 is 1.76 bits per heavy atom. The predicted molar refractivity (Wildman–Crippen MR) is 239 cm³/mol. The number of aromatic nitrogens is 3. The number of anilines is 3. The van der Waals surface area contributed by atoms with Crippen molar-refractivity contribution in [3.05, 3.63) is 206 Å². The lowest BCUT2D eigenvalue weighted by Crippen LogP contribution is -2.09. The van der Waals surface area contributed by atoms with Gasteiger partial charge in [-0.2, -0.15) is 0 Å². The molecule has 0 aliphatic rings. The molecule has 0 amide bonds. The van der Waals surface area contributed by atoms with E-state index in [-0.39, 0.29) is 0 Å². The summed E-state index contributed by atoms with van der Waals surface area (Å²) in [6.45, 7) is 0. The summed E-state index contributed by atoms with van der Waals surface area (Å²) in [6, 6.07) is 70.0. The predicted octanol–water partition coefficient (Wildman–Crippen LogP) is 14.2. The molecule has 0 unspecified atom stereocenters. The average molecular weight is 743 g/mol. The van der Waals surface area contributed by atoms with Gasteiger partial charge in [0.1, 0.15) is 5.58 Å². The molecule has 272 valence electrons. The highest BCUT2D eigenvalue weighted by atomic mass is 16.3. The van der Waals surface area contributed by atoms with E-state index in [1.807, 2.05) is 48.7 Å². The Morgan fingerprint density at radius 2 is 1.00 bits per heavy atom. The first-order valence-corrected chi connectivity index (χ1v) is 19.4. The first-order chi connectivity index (χ1) is 28.7. The van der Waals surface area contributed by atoms with Crippen molar-refractivity contribution in [3.63, 3.8) is 0 Å². The molecule has 0 aliphatic carbocycles. The maximum Gasteiger partial charge on any atom is 0.227 e. The summed E-state index contributed by atoms with van der Waals surface area (Å²) >= 11 is 0. The number of pyridine rings is 3. The second-order valence-electron chi connectivity index (χ2n) is 14.5. The first-order valence-electron chi connectivity index (χ1n) is 19.4. The molecular weight excluding hydrogens is 709 g/mol. The van der Waals surface area contributed by atoms with Crippen molar-refractivity contribution in [2.45, 2.75) is 0 Å². The van der Waals surface area contributed by atoms with Crippen LogP contribution in [0.25, 0.3) is 88.6 Å². The molecule has 0 saturated carbocycles. The van der Waals surface area contributed by atoms with Crippen molar-refractivity contribution in [1.82, 2.24) is 15.0 Å². The zero-order chi connectivity index (χ0) is 38.4. The Balaban J connectivity index is 0.974. The van der Waals surface area contributed by atoms with Crippen molar-refractivity contribution in [2.75, 3.05) is 4.90 Å². The molecular formula is C53H34N4O. The second-order valence-corrected chi connectivity index (χ2v) is 14.5. The van der Waals surface area contributed by atoms with Gasteiger partial charge in [0.05, 0.1) is 22.6 Å². The molecule has 0 spiro atoms. The molecule has 0 fully saturated rings. The maximum atomic E-state index is 6.12. The topological polar surface area (TPSA) is 55.1 Å². The molecule has 4 aromatic heterocycles. The summed E-state index contributed by atoms with van der Waals surface area (Å²) in [4.78, 5) is 17.1. The molecule has 5 heteroatoms. The molecule has 0 aliphatic heterocycles. The normalized spacial score (nSPS) is 11.4. The zero-order valence-corrected chi connectivity index (χ0v) is 31.3. The number of fused-ring (bicyclic) bond motifs is 5. The Morgan fingerprint density at radius 1 is 0.379 bits per heavy atom. The molecule has 11 aromatic rings. The molecule has 0 N–H and O–H groups in total. The van der Waals surface area contributed by atoms with Gasteiger partial charge in [-0.1, -0.05) is 127 Å². The summed E-state index contributed by atoms with van der Waals surface area (Å²) < 4.78 is 6.12. The fraction of sp³-hybridized carbons (Fsp3) is 0. The van der Waals surface area contributed by atoms with Crippen LogP contribution in [0.1, 0.15) is 0 Å². The first kappa shape index (κ1) is 33.4. The fourth-order valence-corrected chi connectivity index (χ4v) is 7.98. The Hall–Kier alpha value is -7.89. The smallest absolute Gasteiger partial charge is 0.227 e. The van der Waals surface area contributed by atoms with E-state index in [2.05, 4.69) is 163 Å². The third-order valence-corrected chi connectivity index (χ3v) is 10.9. The summed E-state index contributed by atoms with van der Waals surface area (Å²) in [5.41, 5.74) is 13.6. The quantitative estimate of drug-likeness (QED) is 0.163. The molecule has 0 bridgehead atoms. The third kappa shape index (κ3) is 6.03. The minimum absolute atomic E-state index is 0.643. The van der Waals surface area contributed by atoms with Crippen molar-refractivity contribution in [2.24, 2.45) is 0 Å². The van der Waals surface area contributed by atoms with Gasteiger partial charge in [0.2, 0.25) is 5.71 Å². The number of hydrogen-bond donors (Lipinski definition) is 0. The molecule has 11 rings (SSSR count). The highest BCUT2D eigenvalue weighted by Crippen LogP contribution is 2.39. The Bertz CT molecular complexity index is 3260. The summed E-state index contributed by atoms with van der Waals surface area (Å²) in [7, 11) is 0. The van der Waals surface area contributed by atoms with E-state index in [1.54, 1.807) is 0 Å². The van der Waals surface area contributed by atoms with Crippen molar-refractivity contribution in [3.8, 4) is 44.9 Å². The second kappa shape index (κ2) is 14.0. The Kier molecular flexibility index (Phi) is 8.07. The number of para-hydroxylation sites is 1. The lowest BCUT2D eigenvalue weighted by Gasteiger charge is -2.26. The Labute approximate surface area is 335 Å². The van der Waals surface area contributed by atoms with Gasteiger partial charge in [0.15, 0.2) is 0 Å². The van der Waals surface area contributed by atoms with Crippen LogP contribution in [0.15, 0.2) is 211 Å². The van der Waals surface area contributed by atoms with Gasteiger partial charge in [-0.25, -0.2) is 9.97 Å². The van der Waals surface area contributed by atoms with Gasteiger partial charge in [0, 0.05) is 56.1 Å². The van der Waals surface area contributed by atoms with E-state index < -0.39 is 0 Å². The van der Waals surface area contributed by atoms with Gasteiger partial charge in [0.25, 0.3) is 0 Å². The van der Waals surface area contributed by atoms with Gasteiger partial charge < -0.3 is 9.32 Å². The molecule has 7 aromatic carbocycles. The number of rotatable bonds is 7. The fourth-order valence-electron chi connectivity index (χ4n) is 7.98. The lowest BCUT2D eigenvalue weighted by molar-refractivity contribution is 0.654. The third-order valence-electron chi connectivity index (χ3n) is 10.9. The minimum Gasteiger partial charge on any atom is -0.438 e. The summed E-state index contributed by atoms with van der Waals surface area (Å²) in [5.74, 6) is 0. The van der Waals surface area contributed by atoms with Crippen LogP contribution in [0.2, 0.25) is 0 Å². The van der Waals surface area contributed by atoms with Crippen LogP contribution >= 0.6 is 0 Å². The largest absolute Gasteiger partial charge is 0.438 e. The van der Waals surface area contributed by atoms with Crippen LogP contribution in [0.3, 0.4) is 0 Å². The SMILES string of the molecule is c1ccc(-c2nc(-c3ccc(N(c4ccc(-c5ccc6ccccc6c5)cc4)c4ccc(-c5ccc6c(n5)oc5ccccc56)cc4)cc3)cc3cccnc23)cc1. The van der Waals surface area contributed by atoms with Gasteiger partial charge in [-0.3, -0.25) is 4.98 Å². The molecule has 58 heavy (non-hydrogen) atoms. The van der Waals surface area contributed by atoms with Crippen LogP contribution in [0.4, 0.5) is 17.1 Å². The molecule has 5 nitrogen and oxygen atoms in total. The summed E-state index contributed by atoms with van der Waals surface area (Å²) in [5, 5.41) is 5.61. The molecule has 0 saturated heterocycles. The van der Waals surface area contributed by atoms with Crippen LogP contribution < -0.4 is 4.90 Å². The monoisotopic (exact) mass is 742 g/mol. The van der Waals surface area contributed by atoms with Gasteiger partial charge >= 0.3 is 0 Å². The molecule has 4 heterocycles. The van der Waals surface area contributed by atoms with Crippen molar-refractivity contribution in [1.29, 1.82) is 0 Å². The highest BCUT2D eigenvalue weighted by Gasteiger charge is 2.17. The average Bonchev–Trinajstić information content (AvgIpc) is 3.68. The van der Waals surface area contributed by atoms with E-state index >= 15 is 0 Å². The van der Waals surface area contributed by atoms with Crippen molar-refractivity contribution < 1.29 is 4.42 Å². The van der Waals surface area contributed by atoms with Gasteiger partial charge in [-0.05, 0) is 94.7 Å².